The molecule has 2 aliphatic rings. The zero-order valence-electron chi connectivity index (χ0n) is 16.4. The summed E-state index contributed by atoms with van der Waals surface area (Å²) in [5, 5.41) is 3.16. The van der Waals surface area contributed by atoms with Crippen LogP contribution in [-0.4, -0.2) is 21.5 Å². The smallest absolute Gasteiger partial charge is 0.270 e. The number of benzene rings is 1. The van der Waals surface area contributed by atoms with Crippen molar-refractivity contribution in [3.8, 4) is 0 Å². The van der Waals surface area contributed by atoms with E-state index in [9.17, 15) is 9.59 Å². The molecule has 4 rings (SSSR count). The average Bonchev–Trinajstić information content (AvgIpc) is 3.26. The number of nitrogens with zero attached hydrogens (tertiary/aromatic N) is 2. The lowest BCUT2D eigenvalue weighted by Gasteiger charge is -2.29. The van der Waals surface area contributed by atoms with Crippen LogP contribution in [0.25, 0.3) is 6.08 Å². The molecule has 0 spiro atoms. The Balaban J connectivity index is 1.73. The summed E-state index contributed by atoms with van der Waals surface area (Å²) in [6.45, 7) is 4.12. The van der Waals surface area contributed by atoms with Gasteiger partial charge in [0, 0.05) is 22.5 Å². The third-order valence-electron chi connectivity index (χ3n) is 5.68. The number of amides is 2. The van der Waals surface area contributed by atoms with E-state index in [1.807, 2.05) is 13.0 Å². The maximum atomic E-state index is 13.2. The SMILES string of the molecule is Cc1cc(/C=C2\C(=O)NC(=S)N(c3cccc(Cl)c3)C2=O)c(C)n1C1CCCC1. The summed E-state index contributed by atoms with van der Waals surface area (Å²) in [5.74, 6) is -0.935. The van der Waals surface area contributed by atoms with Crippen LogP contribution >= 0.6 is 23.8 Å². The Hall–Kier alpha value is -2.44. The first-order chi connectivity index (χ1) is 13.9. The molecule has 1 aromatic carbocycles. The van der Waals surface area contributed by atoms with Crippen LogP contribution in [0.5, 0.6) is 0 Å². The van der Waals surface area contributed by atoms with Crippen molar-refractivity contribution in [2.24, 2.45) is 0 Å². The first-order valence-electron chi connectivity index (χ1n) is 9.72. The van der Waals surface area contributed by atoms with Gasteiger partial charge < -0.3 is 4.57 Å². The zero-order chi connectivity index (χ0) is 20.7. The summed E-state index contributed by atoms with van der Waals surface area (Å²) < 4.78 is 2.34. The molecule has 0 unspecified atom stereocenters. The van der Waals surface area contributed by atoms with Crippen molar-refractivity contribution >= 4 is 52.5 Å². The molecule has 1 saturated heterocycles. The van der Waals surface area contributed by atoms with Crippen LogP contribution in [0.4, 0.5) is 5.69 Å². The first kappa shape index (κ1) is 19.9. The minimum Gasteiger partial charge on any atom is -0.346 e. The van der Waals surface area contributed by atoms with Crippen molar-refractivity contribution in [2.45, 2.75) is 45.6 Å². The molecule has 2 aromatic rings. The van der Waals surface area contributed by atoms with Gasteiger partial charge in [0.05, 0.1) is 5.69 Å². The van der Waals surface area contributed by atoms with E-state index in [2.05, 4.69) is 16.8 Å². The van der Waals surface area contributed by atoms with Gasteiger partial charge in [-0.2, -0.15) is 0 Å². The molecular formula is C22H22ClN3O2S. The predicted molar refractivity (Wildman–Crippen MR) is 119 cm³/mol. The summed E-state index contributed by atoms with van der Waals surface area (Å²) in [4.78, 5) is 27.1. The second-order valence-electron chi connectivity index (χ2n) is 7.57. The van der Waals surface area contributed by atoms with Crippen LogP contribution in [0, 0.1) is 13.8 Å². The van der Waals surface area contributed by atoms with Gasteiger partial charge in [0.2, 0.25) is 0 Å². The average molecular weight is 428 g/mol. The van der Waals surface area contributed by atoms with Crippen LogP contribution in [0.15, 0.2) is 35.9 Å². The number of carbonyl (C=O) groups is 2. The molecule has 2 heterocycles. The molecule has 1 saturated carbocycles. The van der Waals surface area contributed by atoms with E-state index < -0.39 is 11.8 Å². The van der Waals surface area contributed by atoms with Gasteiger partial charge in [0.15, 0.2) is 5.11 Å². The van der Waals surface area contributed by atoms with E-state index in [0.29, 0.717) is 16.8 Å². The monoisotopic (exact) mass is 427 g/mol. The van der Waals surface area contributed by atoms with Crippen molar-refractivity contribution in [1.82, 2.24) is 9.88 Å². The predicted octanol–water partition coefficient (Wildman–Crippen LogP) is 4.70. The lowest BCUT2D eigenvalue weighted by molar-refractivity contribution is -0.122. The van der Waals surface area contributed by atoms with Crippen molar-refractivity contribution < 1.29 is 9.59 Å². The van der Waals surface area contributed by atoms with Crippen LogP contribution in [0.2, 0.25) is 5.02 Å². The molecule has 5 nitrogen and oxygen atoms in total. The Kier molecular flexibility index (Phi) is 5.32. The fraction of sp³-hybridized carbons (Fsp3) is 0.318. The topological polar surface area (TPSA) is 54.3 Å². The number of aryl methyl sites for hydroxylation is 1. The number of hydrogen-bond acceptors (Lipinski definition) is 3. The Labute approximate surface area is 180 Å². The Morgan fingerprint density at radius 2 is 1.90 bits per heavy atom. The van der Waals surface area contributed by atoms with E-state index in [1.54, 1.807) is 30.3 Å². The molecule has 1 aliphatic heterocycles. The third kappa shape index (κ3) is 3.63. The quantitative estimate of drug-likeness (QED) is 0.438. The summed E-state index contributed by atoms with van der Waals surface area (Å²) in [7, 11) is 0. The molecule has 150 valence electrons. The minimum absolute atomic E-state index is 0.0517. The highest BCUT2D eigenvalue weighted by molar-refractivity contribution is 7.80. The Morgan fingerprint density at radius 3 is 2.59 bits per heavy atom. The highest BCUT2D eigenvalue weighted by Gasteiger charge is 2.35. The minimum atomic E-state index is -0.482. The molecule has 0 atom stereocenters. The van der Waals surface area contributed by atoms with Gasteiger partial charge in [0.25, 0.3) is 11.8 Å². The normalized spacial score (nSPS) is 19.3. The maximum absolute atomic E-state index is 13.2. The molecule has 7 heteroatoms. The molecule has 0 radical (unpaired) electrons. The summed E-state index contributed by atoms with van der Waals surface area (Å²) in [5.41, 5.74) is 3.68. The number of anilines is 1. The van der Waals surface area contributed by atoms with Crippen LogP contribution < -0.4 is 10.2 Å². The number of rotatable bonds is 3. The van der Waals surface area contributed by atoms with Crippen LogP contribution in [0.3, 0.4) is 0 Å². The molecule has 29 heavy (non-hydrogen) atoms. The molecule has 0 bridgehead atoms. The van der Waals surface area contributed by atoms with E-state index in [1.165, 1.54) is 30.6 Å². The van der Waals surface area contributed by atoms with Crippen molar-refractivity contribution in [2.75, 3.05) is 4.90 Å². The molecule has 1 aliphatic carbocycles. The number of hydrogen-bond donors (Lipinski definition) is 1. The van der Waals surface area contributed by atoms with Gasteiger partial charge in [-0.05, 0) is 74.8 Å². The molecule has 2 amide bonds. The highest BCUT2D eigenvalue weighted by atomic mass is 35.5. The standard InChI is InChI=1S/C22H22ClN3O2S/c1-13-10-15(14(2)25(13)17-7-3-4-8-17)11-19-20(27)24-22(29)26(21(19)28)18-9-5-6-16(23)12-18/h5-6,9-12,17H,3-4,7-8H2,1-2H3,(H,24,27,29)/b19-11+. The fourth-order valence-electron chi connectivity index (χ4n) is 4.34. The Morgan fingerprint density at radius 1 is 1.17 bits per heavy atom. The third-order valence-corrected chi connectivity index (χ3v) is 6.20. The number of thiocarbonyl (C=S) groups is 1. The maximum Gasteiger partial charge on any atom is 0.270 e. The zero-order valence-corrected chi connectivity index (χ0v) is 17.9. The van der Waals surface area contributed by atoms with Gasteiger partial charge in [0.1, 0.15) is 5.57 Å². The van der Waals surface area contributed by atoms with E-state index >= 15 is 0 Å². The van der Waals surface area contributed by atoms with Gasteiger partial charge in [-0.3, -0.25) is 19.8 Å². The highest BCUT2D eigenvalue weighted by Crippen LogP contribution is 2.34. The second-order valence-corrected chi connectivity index (χ2v) is 8.40. The number of halogens is 1. The molecule has 2 fully saturated rings. The lowest BCUT2D eigenvalue weighted by Crippen LogP contribution is -2.54. The lowest BCUT2D eigenvalue weighted by atomic mass is 10.1. The van der Waals surface area contributed by atoms with Crippen LogP contribution in [-0.2, 0) is 9.59 Å². The molecule has 1 aromatic heterocycles. The number of aromatic nitrogens is 1. The van der Waals surface area contributed by atoms with Gasteiger partial charge in [-0.25, -0.2) is 0 Å². The summed E-state index contributed by atoms with van der Waals surface area (Å²) in [6, 6.07) is 9.37. The fourth-order valence-corrected chi connectivity index (χ4v) is 4.80. The van der Waals surface area contributed by atoms with E-state index in [0.717, 1.165) is 17.0 Å². The van der Waals surface area contributed by atoms with Crippen LogP contribution in [0.1, 0.15) is 48.7 Å². The Bertz CT molecular complexity index is 1050. The summed E-state index contributed by atoms with van der Waals surface area (Å²) >= 11 is 11.3. The van der Waals surface area contributed by atoms with E-state index in [-0.39, 0.29) is 10.7 Å². The van der Waals surface area contributed by atoms with E-state index in [4.69, 9.17) is 23.8 Å². The number of carbonyl (C=O) groups excluding carboxylic acids is 2. The second kappa shape index (κ2) is 7.76. The summed E-state index contributed by atoms with van der Waals surface area (Å²) in [6.07, 6.45) is 6.49. The van der Waals surface area contributed by atoms with Gasteiger partial charge in [-0.15, -0.1) is 0 Å². The molecular weight excluding hydrogens is 406 g/mol. The van der Waals surface area contributed by atoms with Crippen molar-refractivity contribution in [3.05, 3.63) is 57.9 Å². The van der Waals surface area contributed by atoms with Crippen molar-refractivity contribution in [3.63, 3.8) is 0 Å². The van der Waals surface area contributed by atoms with Gasteiger partial charge in [-0.1, -0.05) is 30.5 Å². The largest absolute Gasteiger partial charge is 0.346 e. The number of nitrogens with one attached hydrogen (secondary N) is 1. The first-order valence-corrected chi connectivity index (χ1v) is 10.5. The van der Waals surface area contributed by atoms with Crippen molar-refractivity contribution in [1.29, 1.82) is 0 Å². The van der Waals surface area contributed by atoms with Gasteiger partial charge >= 0.3 is 0 Å². The molecule has 1 N–H and O–H groups in total.